The molecule has 1 N–H and O–H groups in total. The molecule has 0 saturated heterocycles. The van der Waals surface area contributed by atoms with E-state index in [2.05, 4.69) is 15.0 Å². The second-order valence-corrected chi connectivity index (χ2v) is 4.13. The quantitative estimate of drug-likeness (QED) is 0.803. The van der Waals surface area contributed by atoms with Gasteiger partial charge in [-0.25, -0.2) is 4.98 Å². The van der Waals surface area contributed by atoms with E-state index in [1.54, 1.807) is 24.8 Å². The molecule has 0 aliphatic heterocycles. The van der Waals surface area contributed by atoms with Crippen molar-refractivity contribution in [3.8, 4) is 0 Å². The summed E-state index contributed by atoms with van der Waals surface area (Å²) >= 11 is 0. The lowest BCUT2D eigenvalue weighted by atomic mass is 10.2. The van der Waals surface area contributed by atoms with E-state index >= 15 is 0 Å². The van der Waals surface area contributed by atoms with Crippen molar-refractivity contribution in [3.63, 3.8) is 0 Å². The van der Waals surface area contributed by atoms with Crippen molar-refractivity contribution < 1.29 is 0 Å². The summed E-state index contributed by atoms with van der Waals surface area (Å²) in [5.41, 5.74) is 1.14. The molecule has 0 aromatic carbocycles. The van der Waals surface area contributed by atoms with E-state index in [1.807, 2.05) is 72.9 Å². The van der Waals surface area contributed by atoms with Crippen molar-refractivity contribution in [1.29, 1.82) is 0 Å². The summed E-state index contributed by atoms with van der Waals surface area (Å²) in [5, 5.41) is 0. The molecule has 3 heteroatoms. The van der Waals surface area contributed by atoms with Crippen LogP contribution in [0.25, 0.3) is 12.2 Å². The first-order valence-corrected chi connectivity index (χ1v) is 6.69. The van der Waals surface area contributed by atoms with E-state index < -0.39 is 0 Å². The average Bonchev–Trinajstić information content (AvgIpc) is 3.03. The van der Waals surface area contributed by atoms with E-state index in [0.717, 1.165) is 11.4 Å². The molecule has 0 radical (unpaired) electrons. The summed E-state index contributed by atoms with van der Waals surface area (Å²) in [7, 11) is 0. The first-order chi connectivity index (χ1) is 10.4. The van der Waals surface area contributed by atoms with Gasteiger partial charge in [-0.3, -0.25) is 4.98 Å². The molecule has 2 aromatic rings. The van der Waals surface area contributed by atoms with Crippen LogP contribution in [0.1, 0.15) is 11.4 Å². The standard InChI is InChI=1S/C18H17N3/c1(2-4-6-8-10-18-20-15-16-21-18)3-5-7-9-17-11-13-19-14-12-17/h1-16H,(H,20,21)/b2-1+,5-3+,6-4+,9-7+,10-8+. The lowest BCUT2D eigenvalue weighted by Gasteiger charge is -1.87. The highest BCUT2D eigenvalue weighted by atomic mass is 14.9. The lowest BCUT2D eigenvalue weighted by Crippen LogP contribution is -1.70. The maximum atomic E-state index is 4.09. The first kappa shape index (κ1) is 14.5. The molecule has 0 saturated carbocycles. The Hall–Kier alpha value is -2.94. The first-order valence-electron chi connectivity index (χ1n) is 6.69. The predicted octanol–water partition coefficient (Wildman–Crippen LogP) is 4.20. The monoisotopic (exact) mass is 275 g/mol. The fourth-order valence-corrected chi connectivity index (χ4v) is 1.54. The molecule has 0 bridgehead atoms. The van der Waals surface area contributed by atoms with Crippen molar-refractivity contribution in [2.45, 2.75) is 0 Å². The summed E-state index contributed by atoms with van der Waals surface area (Å²) in [6.45, 7) is 0. The lowest BCUT2D eigenvalue weighted by molar-refractivity contribution is 1.26. The Morgan fingerprint density at radius 2 is 1.33 bits per heavy atom. The number of imidazole rings is 1. The second kappa shape index (κ2) is 9.04. The van der Waals surface area contributed by atoms with Crippen LogP contribution in [0, 0.1) is 0 Å². The van der Waals surface area contributed by atoms with E-state index in [1.165, 1.54) is 0 Å². The summed E-state index contributed by atoms with van der Waals surface area (Å²) in [6, 6.07) is 3.93. The summed E-state index contributed by atoms with van der Waals surface area (Å²) < 4.78 is 0. The summed E-state index contributed by atoms with van der Waals surface area (Å²) in [4.78, 5) is 11.1. The predicted molar refractivity (Wildman–Crippen MR) is 88.3 cm³/mol. The van der Waals surface area contributed by atoms with Crippen LogP contribution in [0.2, 0.25) is 0 Å². The summed E-state index contributed by atoms with van der Waals surface area (Å²) in [5.74, 6) is 0.852. The number of aromatic nitrogens is 3. The third-order valence-electron chi connectivity index (χ3n) is 2.55. The van der Waals surface area contributed by atoms with Gasteiger partial charge < -0.3 is 4.98 Å². The summed E-state index contributed by atoms with van der Waals surface area (Å²) in [6.07, 6.45) is 26.8. The van der Waals surface area contributed by atoms with E-state index in [9.17, 15) is 0 Å². The molecule has 0 atom stereocenters. The molecular formula is C18H17N3. The zero-order valence-corrected chi connectivity index (χ0v) is 11.6. The van der Waals surface area contributed by atoms with E-state index in [0.29, 0.717) is 0 Å². The zero-order valence-electron chi connectivity index (χ0n) is 11.6. The Balaban J connectivity index is 1.70. The maximum Gasteiger partial charge on any atom is 0.129 e. The number of pyridine rings is 1. The van der Waals surface area contributed by atoms with Crippen molar-refractivity contribution in [3.05, 3.63) is 96.9 Å². The van der Waals surface area contributed by atoms with Crippen molar-refractivity contribution >= 4 is 12.2 Å². The zero-order chi connectivity index (χ0) is 14.6. The van der Waals surface area contributed by atoms with Gasteiger partial charge in [0.15, 0.2) is 0 Å². The van der Waals surface area contributed by atoms with Crippen LogP contribution in [0.15, 0.2) is 85.5 Å². The molecular weight excluding hydrogens is 258 g/mol. The Morgan fingerprint density at radius 1 is 0.714 bits per heavy atom. The van der Waals surface area contributed by atoms with Crippen molar-refractivity contribution in [2.75, 3.05) is 0 Å². The molecule has 3 nitrogen and oxygen atoms in total. The Labute approximate surface area is 124 Å². The minimum absolute atomic E-state index is 0.852. The SMILES string of the molecule is C(=C\C=C\C=C\c1ncc[nH]1)/C=C/C=C/c1ccncc1. The average molecular weight is 275 g/mol. The highest BCUT2D eigenvalue weighted by Gasteiger charge is 1.81. The Morgan fingerprint density at radius 3 is 1.95 bits per heavy atom. The van der Waals surface area contributed by atoms with Gasteiger partial charge in [-0.05, 0) is 23.8 Å². The van der Waals surface area contributed by atoms with Crippen molar-refractivity contribution in [1.82, 2.24) is 15.0 Å². The molecule has 0 unspecified atom stereocenters. The van der Waals surface area contributed by atoms with E-state index in [-0.39, 0.29) is 0 Å². The normalized spacial score (nSPS) is 12.8. The fourth-order valence-electron chi connectivity index (χ4n) is 1.54. The number of aromatic amines is 1. The second-order valence-electron chi connectivity index (χ2n) is 4.13. The number of hydrogen-bond acceptors (Lipinski definition) is 2. The molecule has 0 fully saturated rings. The smallest absolute Gasteiger partial charge is 0.129 e. The minimum Gasteiger partial charge on any atom is -0.345 e. The number of rotatable bonds is 6. The highest BCUT2D eigenvalue weighted by Crippen LogP contribution is 1.99. The van der Waals surface area contributed by atoms with Crippen LogP contribution in [0.3, 0.4) is 0 Å². The van der Waals surface area contributed by atoms with Crippen molar-refractivity contribution in [2.24, 2.45) is 0 Å². The molecule has 21 heavy (non-hydrogen) atoms. The third kappa shape index (κ3) is 6.16. The maximum absolute atomic E-state index is 4.09. The largest absolute Gasteiger partial charge is 0.345 e. The Bertz CT molecular complexity index is 645. The topological polar surface area (TPSA) is 41.6 Å². The molecule has 2 aromatic heterocycles. The van der Waals surface area contributed by atoms with Crippen LogP contribution < -0.4 is 0 Å². The molecule has 0 spiro atoms. The number of nitrogens with one attached hydrogen (secondary N) is 1. The Kier molecular flexibility index (Phi) is 6.23. The number of nitrogens with zero attached hydrogens (tertiary/aromatic N) is 2. The van der Waals surface area contributed by atoms with Crippen LogP contribution in [-0.2, 0) is 0 Å². The number of allylic oxidation sites excluding steroid dienone is 8. The van der Waals surface area contributed by atoms with Crippen LogP contribution >= 0.6 is 0 Å². The molecule has 0 aliphatic rings. The molecule has 0 aliphatic carbocycles. The van der Waals surface area contributed by atoms with E-state index in [4.69, 9.17) is 0 Å². The molecule has 104 valence electrons. The fraction of sp³-hybridized carbons (Fsp3) is 0. The van der Waals surface area contributed by atoms with Crippen LogP contribution in [0.4, 0.5) is 0 Å². The van der Waals surface area contributed by atoms with Gasteiger partial charge in [0.1, 0.15) is 5.82 Å². The van der Waals surface area contributed by atoms with Gasteiger partial charge in [0.05, 0.1) is 0 Å². The van der Waals surface area contributed by atoms with Crippen LogP contribution in [0.5, 0.6) is 0 Å². The molecule has 0 amide bonds. The van der Waals surface area contributed by atoms with Gasteiger partial charge in [0, 0.05) is 24.8 Å². The van der Waals surface area contributed by atoms with Gasteiger partial charge in [0.2, 0.25) is 0 Å². The highest BCUT2D eigenvalue weighted by molar-refractivity contribution is 5.50. The molecule has 2 rings (SSSR count). The third-order valence-corrected chi connectivity index (χ3v) is 2.55. The van der Waals surface area contributed by atoms with Gasteiger partial charge in [-0.1, -0.05) is 54.7 Å². The minimum atomic E-state index is 0.852. The van der Waals surface area contributed by atoms with Gasteiger partial charge >= 0.3 is 0 Å². The van der Waals surface area contributed by atoms with Gasteiger partial charge in [-0.15, -0.1) is 0 Å². The van der Waals surface area contributed by atoms with Gasteiger partial charge in [0.25, 0.3) is 0 Å². The molecule has 2 heterocycles. The van der Waals surface area contributed by atoms with Gasteiger partial charge in [-0.2, -0.15) is 0 Å². The number of hydrogen-bond donors (Lipinski definition) is 1. The van der Waals surface area contributed by atoms with Crippen LogP contribution in [-0.4, -0.2) is 15.0 Å². The number of H-pyrrole nitrogens is 1.